The van der Waals surface area contributed by atoms with E-state index in [1.165, 1.54) is 6.07 Å². The number of nitrogens with zero attached hydrogens (tertiary/aromatic N) is 1. The Morgan fingerprint density at radius 2 is 1.81 bits per heavy atom. The van der Waals surface area contributed by atoms with E-state index in [0.717, 1.165) is 11.1 Å². The first-order valence-corrected chi connectivity index (χ1v) is 9.21. The molecule has 1 heterocycles. The molecule has 0 fully saturated rings. The van der Waals surface area contributed by atoms with E-state index >= 15 is 0 Å². The van der Waals surface area contributed by atoms with Gasteiger partial charge >= 0.3 is 5.97 Å². The third kappa shape index (κ3) is 3.46. The molecular formula is C22H25NO4. The second-order valence-corrected chi connectivity index (χ2v) is 7.98. The molecule has 3 rings (SSSR count). The van der Waals surface area contributed by atoms with Crippen LogP contribution in [0, 0.1) is 19.3 Å². The maximum atomic E-state index is 13.0. The molecule has 0 atom stereocenters. The Morgan fingerprint density at radius 3 is 2.44 bits per heavy atom. The molecule has 1 aromatic carbocycles. The van der Waals surface area contributed by atoms with Crippen LogP contribution in [-0.2, 0) is 11.2 Å². The second kappa shape index (κ2) is 6.80. The van der Waals surface area contributed by atoms with Crippen molar-refractivity contribution < 1.29 is 14.3 Å². The molecule has 5 nitrogen and oxygen atoms in total. The van der Waals surface area contributed by atoms with Gasteiger partial charge in [0.15, 0.2) is 5.78 Å². The fourth-order valence-corrected chi connectivity index (χ4v) is 3.70. The van der Waals surface area contributed by atoms with Crippen LogP contribution < -0.4 is 5.56 Å². The van der Waals surface area contributed by atoms with Gasteiger partial charge in [0.2, 0.25) is 0 Å². The molecule has 0 saturated carbocycles. The van der Waals surface area contributed by atoms with Crippen molar-refractivity contribution in [3.05, 3.63) is 62.6 Å². The number of rotatable bonds is 3. The highest BCUT2D eigenvalue weighted by Crippen LogP contribution is 2.36. The van der Waals surface area contributed by atoms with Crippen molar-refractivity contribution >= 4 is 11.8 Å². The highest BCUT2D eigenvalue weighted by molar-refractivity contribution is 6.08. The number of benzene rings is 1. The molecule has 0 spiro atoms. The number of esters is 1. The number of aromatic nitrogens is 1. The van der Waals surface area contributed by atoms with Crippen molar-refractivity contribution in [1.82, 2.24) is 4.57 Å². The molecule has 0 amide bonds. The number of ketones is 1. The Bertz CT molecular complexity index is 998. The monoisotopic (exact) mass is 367 g/mol. The first-order valence-electron chi connectivity index (χ1n) is 9.21. The van der Waals surface area contributed by atoms with Crippen molar-refractivity contribution in [1.29, 1.82) is 0 Å². The molecule has 0 unspecified atom stereocenters. The molecule has 5 heteroatoms. The highest BCUT2D eigenvalue weighted by atomic mass is 16.5. The average molecular weight is 367 g/mol. The quantitative estimate of drug-likeness (QED) is 0.774. The Morgan fingerprint density at radius 1 is 1.11 bits per heavy atom. The third-order valence-electron chi connectivity index (χ3n) is 5.12. The second-order valence-electron chi connectivity index (χ2n) is 7.98. The number of aryl methyl sites for hydroxylation is 2. The van der Waals surface area contributed by atoms with Crippen LogP contribution in [0.5, 0.6) is 0 Å². The molecule has 142 valence electrons. The van der Waals surface area contributed by atoms with Crippen LogP contribution in [0.3, 0.4) is 0 Å². The maximum absolute atomic E-state index is 13.0. The van der Waals surface area contributed by atoms with Crippen molar-refractivity contribution in [3.8, 4) is 5.69 Å². The minimum atomic E-state index is -0.619. The minimum Gasteiger partial charge on any atom is -0.462 e. The summed E-state index contributed by atoms with van der Waals surface area (Å²) in [5.74, 6) is -0.743. The van der Waals surface area contributed by atoms with Gasteiger partial charge in [0, 0.05) is 23.9 Å². The van der Waals surface area contributed by atoms with Crippen LogP contribution in [0.1, 0.15) is 64.7 Å². The van der Waals surface area contributed by atoms with E-state index < -0.39 is 5.97 Å². The van der Waals surface area contributed by atoms with Crippen molar-refractivity contribution in [2.24, 2.45) is 5.41 Å². The summed E-state index contributed by atoms with van der Waals surface area (Å²) in [5, 5.41) is 0. The summed E-state index contributed by atoms with van der Waals surface area (Å²) in [6.45, 7) is 9.88. The molecule has 0 radical (unpaired) electrons. The van der Waals surface area contributed by atoms with E-state index in [9.17, 15) is 14.4 Å². The van der Waals surface area contributed by atoms with Gasteiger partial charge in [-0.1, -0.05) is 19.9 Å². The van der Waals surface area contributed by atoms with E-state index in [-0.39, 0.29) is 28.9 Å². The molecule has 0 aliphatic heterocycles. The van der Waals surface area contributed by atoms with Crippen molar-refractivity contribution in [3.63, 3.8) is 0 Å². The maximum Gasteiger partial charge on any atom is 0.339 e. The smallest absolute Gasteiger partial charge is 0.339 e. The molecule has 2 aromatic rings. The van der Waals surface area contributed by atoms with Crippen LogP contribution in [0.15, 0.2) is 29.1 Å². The summed E-state index contributed by atoms with van der Waals surface area (Å²) in [4.78, 5) is 38.3. The van der Waals surface area contributed by atoms with Gasteiger partial charge in [-0.3, -0.25) is 14.2 Å². The molecule has 1 aliphatic rings. The standard InChI is InChI=1S/C22H25NO4/c1-6-27-21(26)16-10-19(25)23(15-8-7-13(2)14(3)9-15)17-11-22(4,5)12-18(24)20(16)17/h7-10H,6,11-12H2,1-5H3. The van der Waals surface area contributed by atoms with Crippen molar-refractivity contribution in [2.75, 3.05) is 6.61 Å². The Balaban J connectivity index is 2.34. The van der Waals surface area contributed by atoms with Crippen LogP contribution in [0.2, 0.25) is 0 Å². The molecular weight excluding hydrogens is 342 g/mol. The zero-order valence-corrected chi connectivity index (χ0v) is 16.5. The lowest BCUT2D eigenvalue weighted by Gasteiger charge is -2.32. The SMILES string of the molecule is CCOC(=O)c1cc(=O)n(-c2ccc(C)c(C)c2)c2c1C(=O)CC(C)(C)C2. The van der Waals surface area contributed by atoms with E-state index in [0.29, 0.717) is 29.8 Å². The third-order valence-corrected chi connectivity index (χ3v) is 5.12. The molecule has 27 heavy (non-hydrogen) atoms. The van der Waals surface area contributed by atoms with Gasteiger partial charge in [-0.15, -0.1) is 0 Å². The molecule has 0 bridgehead atoms. The van der Waals surface area contributed by atoms with Crippen molar-refractivity contribution in [2.45, 2.75) is 47.5 Å². The van der Waals surface area contributed by atoms with Gasteiger partial charge in [0.05, 0.1) is 17.7 Å². The number of pyridine rings is 1. The molecule has 1 aromatic heterocycles. The summed E-state index contributed by atoms with van der Waals surface area (Å²) in [5.41, 5.74) is 3.28. The van der Waals surface area contributed by atoms with Crippen LogP contribution in [0.25, 0.3) is 5.69 Å². The van der Waals surface area contributed by atoms with Gasteiger partial charge in [-0.05, 0) is 55.9 Å². The fourth-order valence-electron chi connectivity index (χ4n) is 3.70. The largest absolute Gasteiger partial charge is 0.462 e. The normalized spacial score (nSPS) is 15.4. The number of ether oxygens (including phenoxy) is 1. The minimum absolute atomic E-state index is 0.0810. The Hall–Kier alpha value is -2.69. The zero-order chi connectivity index (χ0) is 19.9. The van der Waals surface area contributed by atoms with Gasteiger partial charge in [0.1, 0.15) is 0 Å². The van der Waals surface area contributed by atoms with E-state index in [1.54, 1.807) is 11.5 Å². The van der Waals surface area contributed by atoms with Gasteiger partial charge in [-0.25, -0.2) is 4.79 Å². The summed E-state index contributed by atoms with van der Waals surface area (Å²) in [7, 11) is 0. The number of fused-ring (bicyclic) bond motifs is 1. The number of hydrogen-bond acceptors (Lipinski definition) is 4. The fraction of sp³-hybridized carbons (Fsp3) is 0.409. The first kappa shape index (κ1) is 19.1. The number of Topliss-reactive ketones (excluding diaryl/α,β-unsaturated/α-hetero) is 1. The van der Waals surface area contributed by atoms with Crippen LogP contribution in [-0.4, -0.2) is 22.9 Å². The number of carbonyl (C=O) groups is 2. The first-order chi connectivity index (χ1) is 12.6. The van der Waals surface area contributed by atoms with Gasteiger partial charge in [-0.2, -0.15) is 0 Å². The van der Waals surface area contributed by atoms with Crippen LogP contribution in [0.4, 0.5) is 0 Å². The lowest BCUT2D eigenvalue weighted by molar-refractivity contribution is 0.0520. The number of hydrogen-bond donors (Lipinski definition) is 0. The topological polar surface area (TPSA) is 65.4 Å². The predicted octanol–water partition coefficient (Wildman–Crippen LogP) is 3.79. The Labute approximate surface area is 159 Å². The highest BCUT2D eigenvalue weighted by Gasteiger charge is 2.37. The summed E-state index contributed by atoms with van der Waals surface area (Å²) < 4.78 is 6.66. The van der Waals surface area contributed by atoms with E-state index in [4.69, 9.17) is 4.74 Å². The molecule has 1 aliphatic carbocycles. The summed E-state index contributed by atoms with van der Waals surface area (Å²) >= 11 is 0. The van der Waals surface area contributed by atoms with Crippen LogP contribution >= 0.6 is 0 Å². The van der Waals surface area contributed by atoms with E-state index in [2.05, 4.69) is 0 Å². The van der Waals surface area contributed by atoms with Gasteiger partial charge in [0.25, 0.3) is 5.56 Å². The lowest BCUT2D eigenvalue weighted by atomic mass is 9.74. The zero-order valence-electron chi connectivity index (χ0n) is 16.5. The summed E-state index contributed by atoms with van der Waals surface area (Å²) in [6.07, 6.45) is 0.862. The Kier molecular flexibility index (Phi) is 4.81. The van der Waals surface area contributed by atoms with E-state index in [1.807, 2.05) is 45.9 Å². The lowest BCUT2D eigenvalue weighted by Crippen LogP contribution is -2.36. The van der Waals surface area contributed by atoms with Gasteiger partial charge < -0.3 is 4.74 Å². The predicted molar refractivity (Wildman–Crippen MR) is 104 cm³/mol. The summed E-state index contributed by atoms with van der Waals surface area (Å²) in [6, 6.07) is 7.01. The number of carbonyl (C=O) groups excluding carboxylic acids is 2. The average Bonchev–Trinajstić information content (AvgIpc) is 2.56. The molecule has 0 N–H and O–H groups in total. The molecule has 0 saturated heterocycles.